The van der Waals surface area contributed by atoms with Crippen molar-refractivity contribution >= 4 is 23.3 Å². The molecule has 1 unspecified atom stereocenters. The van der Waals surface area contributed by atoms with Crippen LogP contribution in [0, 0.1) is 0 Å². The number of aromatic nitrogens is 4. The molecule has 2 aromatic rings. The maximum atomic E-state index is 6.47. The lowest BCUT2D eigenvalue weighted by Gasteiger charge is -2.16. The van der Waals surface area contributed by atoms with Crippen LogP contribution in [0.5, 0.6) is 0 Å². The van der Waals surface area contributed by atoms with Crippen molar-refractivity contribution < 1.29 is 0 Å². The molecule has 2 heterocycles. The molecule has 0 saturated heterocycles. The Kier molecular flexibility index (Phi) is 5.51. The zero-order valence-corrected chi connectivity index (χ0v) is 13.6. The van der Waals surface area contributed by atoms with Crippen LogP contribution in [0.25, 0.3) is 0 Å². The van der Waals surface area contributed by atoms with Gasteiger partial charge < -0.3 is 5.32 Å². The summed E-state index contributed by atoms with van der Waals surface area (Å²) in [6.07, 6.45) is 3.45. The van der Waals surface area contributed by atoms with E-state index in [1.807, 2.05) is 10.9 Å². The van der Waals surface area contributed by atoms with E-state index in [1.165, 1.54) is 11.7 Å². The highest BCUT2D eigenvalue weighted by Crippen LogP contribution is 2.26. The zero-order chi connectivity index (χ0) is 14.5. The molecule has 7 heteroatoms. The standard InChI is InChI=1S/C13H20ClN5S/c1-4-9-13(14)12(19(6-3)17-9)7-10(15-5-2)11-8-16-20-18-11/h8,10,15H,4-7H2,1-3H3. The fourth-order valence-electron chi connectivity index (χ4n) is 2.26. The number of hydrogen-bond donors (Lipinski definition) is 1. The molecule has 2 rings (SSSR count). The van der Waals surface area contributed by atoms with Crippen molar-refractivity contribution in [3.05, 3.63) is 28.3 Å². The number of aryl methyl sites for hydroxylation is 2. The molecular weight excluding hydrogens is 294 g/mol. The van der Waals surface area contributed by atoms with E-state index in [2.05, 4.69) is 39.9 Å². The van der Waals surface area contributed by atoms with Crippen LogP contribution >= 0.6 is 23.3 Å². The topological polar surface area (TPSA) is 55.6 Å². The largest absolute Gasteiger partial charge is 0.309 e. The van der Waals surface area contributed by atoms with E-state index >= 15 is 0 Å². The molecule has 0 radical (unpaired) electrons. The van der Waals surface area contributed by atoms with Crippen LogP contribution in [0.2, 0.25) is 5.02 Å². The Morgan fingerprint density at radius 2 is 2.20 bits per heavy atom. The van der Waals surface area contributed by atoms with Gasteiger partial charge in [0.25, 0.3) is 0 Å². The molecule has 2 aromatic heterocycles. The number of nitrogens with zero attached hydrogens (tertiary/aromatic N) is 4. The summed E-state index contributed by atoms with van der Waals surface area (Å²) >= 11 is 7.70. The van der Waals surface area contributed by atoms with E-state index < -0.39 is 0 Å². The Balaban J connectivity index is 2.28. The van der Waals surface area contributed by atoms with Gasteiger partial charge in [0.1, 0.15) is 0 Å². The van der Waals surface area contributed by atoms with Gasteiger partial charge in [-0.2, -0.15) is 13.8 Å². The molecule has 110 valence electrons. The second kappa shape index (κ2) is 7.15. The molecule has 1 atom stereocenters. The molecule has 0 aliphatic carbocycles. The molecule has 1 N–H and O–H groups in total. The van der Waals surface area contributed by atoms with Gasteiger partial charge in [-0.1, -0.05) is 25.4 Å². The zero-order valence-electron chi connectivity index (χ0n) is 12.1. The summed E-state index contributed by atoms with van der Waals surface area (Å²) < 4.78 is 10.4. The third-order valence-electron chi connectivity index (χ3n) is 3.28. The maximum Gasteiger partial charge on any atom is 0.0916 e. The van der Waals surface area contributed by atoms with Crippen LogP contribution in [-0.4, -0.2) is 25.1 Å². The van der Waals surface area contributed by atoms with Crippen molar-refractivity contribution in [3.63, 3.8) is 0 Å². The van der Waals surface area contributed by atoms with Crippen LogP contribution in [0.3, 0.4) is 0 Å². The van der Waals surface area contributed by atoms with Crippen LogP contribution < -0.4 is 5.32 Å². The second-order valence-corrected chi connectivity index (χ2v) is 5.46. The highest BCUT2D eigenvalue weighted by Gasteiger charge is 2.21. The van der Waals surface area contributed by atoms with Gasteiger partial charge in [0.05, 0.1) is 46.1 Å². The Bertz CT molecular complexity index is 537. The molecule has 5 nitrogen and oxygen atoms in total. The van der Waals surface area contributed by atoms with Crippen LogP contribution in [-0.2, 0) is 19.4 Å². The highest BCUT2D eigenvalue weighted by molar-refractivity contribution is 6.99. The number of hydrogen-bond acceptors (Lipinski definition) is 5. The van der Waals surface area contributed by atoms with Gasteiger partial charge in [0.2, 0.25) is 0 Å². The minimum Gasteiger partial charge on any atom is -0.309 e. The van der Waals surface area contributed by atoms with E-state index in [0.717, 1.165) is 48.0 Å². The summed E-state index contributed by atoms with van der Waals surface area (Å²) in [5.41, 5.74) is 3.01. The Labute approximate surface area is 128 Å². The van der Waals surface area contributed by atoms with E-state index in [9.17, 15) is 0 Å². The summed E-state index contributed by atoms with van der Waals surface area (Å²) in [4.78, 5) is 0. The number of halogens is 1. The average molecular weight is 314 g/mol. The first-order valence-electron chi connectivity index (χ1n) is 6.96. The monoisotopic (exact) mass is 313 g/mol. The van der Waals surface area contributed by atoms with Gasteiger partial charge in [0, 0.05) is 13.0 Å². The minimum absolute atomic E-state index is 0.128. The molecule has 0 amide bonds. The van der Waals surface area contributed by atoms with Gasteiger partial charge in [-0.25, -0.2) is 0 Å². The van der Waals surface area contributed by atoms with E-state index in [-0.39, 0.29) is 6.04 Å². The van der Waals surface area contributed by atoms with E-state index in [0.29, 0.717) is 0 Å². The summed E-state index contributed by atoms with van der Waals surface area (Å²) in [5, 5.41) is 8.80. The lowest BCUT2D eigenvalue weighted by Crippen LogP contribution is -2.24. The van der Waals surface area contributed by atoms with Crippen LogP contribution in [0.15, 0.2) is 6.20 Å². The van der Waals surface area contributed by atoms with E-state index in [4.69, 9.17) is 11.6 Å². The van der Waals surface area contributed by atoms with Crippen molar-refractivity contribution in [2.45, 2.75) is 46.2 Å². The molecule has 0 aromatic carbocycles. The van der Waals surface area contributed by atoms with Gasteiger partial charge in [-0.15, -0.1) is 0 Å². The smallest absolute Gasteiger partial charge is 0.0916 e. The molecule has 0 fully saturated rings. The fraction of sp³-hybridized carbons (Fsp3) is 0.615. The van der Waals surface area contributed by atoms with Crippen molar-refractivity contribution in [1.29, 1.82) is 0 Å². The van der Waals surface area contributed by atoms with Crippen molar-refractivity contribution in [2.75, 3.05) is 6.54 Å². The first-order chi connectivity index (χ1) is 9.71. The minimum atomic E-state index is 0.128. The maximum absolute atomic E-state index is 6.47. The normalized spacial score (nSPS) is 12.8. The summed E-state index contributed by atoms with van der Waals surface area (Å²) in [5.74, 6) is 0. The first-order valence-corrected chi connectivity index (χ1v) is 8.06. The molecule has 0 aliphatic heterocycles. The number of rotatable bonds is 7. The fourth-order valence-corrected chi connectivity index (χ4v) is 3.08. The molecule has 0 spiro atoms. The average Bonchev–Trinajstić information content (AvgIpc) is 3.07. The van der Waals surface area contributed by atoms with Gasteiger partial charge in [-0.3, -0.25) is 4.68 Å². The first kappa shape index (κ1) is 15.4. The molecule has 0 bridgehead atoms. The summed E-state index contributed by atoms with van der Waals surface area (Å²) in [7, 11) is 0. The van der Waals surface area contributed by atoms with Crippen LogP contribution in [0.4, 0.5) is 0 Å². The molecule has 0 saturated carbocycles. The summed E-state index contributed by atoms with van der Waals surface area (Å²) in [6, 6.07) is 0.128. The number of nitrogens with one attached hydrogen (secondary N) is 1. The van der Waals surface area contributed by atoms with Crippen LogP contribution in [0.1, 0.15) is 43.9 Å². The van der Waals surface area contributed by atoms with Crippen molar-refractivity contribution in [1.82, 2.24) is 23.8 Å². The lowest BCUT2D eigenvalue weighted by molar-refractivity contribution is 0.509. The van der Waals surface area contributed by atoms with Gasteiger partial charge in [-0.05, 0) is 19.9 Å². The Hall–Kier alpha value is -0.980. The predicted molar refractivity (Wildman–Crippen MR) is 82.3 cm³/mol. The van der Waals surface area contributed by atoms with Crippen molar-refractivity contribution in [2.24, 2.45) is 0 Å². The highest BCUT2D eigenvalue weighted by atomic mass is 35.5. The van der Waals surface area contributed by atoms with E-state index in [1.54, 1.807) is 0 Å². The lowest BCUT2D eigenvalue weighted by atomic mass is 10.1. The number of likely N-dealkylation sites (N-methyl/N-ethyl adjacent to an activating group) is 1. The predicted octanol–water partition coefficient (Wildman–Crippen LogP) is 2.86. The molecule has 0 aliphatic rings. The molecule has 20 heavy (non-hydrogen) atoms. The van der Waals surface area contributed by atoms with Crippen molar-refractivity contribution in [3.8, 4) is 0 Å². The Morgan fingerprint density at radius 1 is 1.40 bits per heavy atom. The van der Waals surface area contributed by atoms with Gasteiger partial charge >= 0.3 is 0 Å². The molecular formula is C13H20ClN5S. The Morgan fingerprint density at radius 3 is 2.75 bits per heavy atom. The summed E-state index contributed by atoms with van der Waals surface area (Å²) in [6.45, 7) is 7.94. The second-order valence-electron chi connectivity index (χ2n) is 4.52. The third-order valence-corrected chi connectivity index (χ3v) is 4.21. The van der Waals surface area contributed by atoms with Gasteiger partial charge in [0.15, 0.2) is 0 Å². The quantitative estimate of drug-likeness (QED) is 0.854. The SMILES string of the molecule is CCNC(Cc1c(Cl)c(CC)nn1CC)c1cnsn1. The third kappa shape index (κ3) is 3.19.